The normalized spacial score (nSPS) is 11.7. The van der Waals surface area contributed by atoms with Crippen LogP contribution >= 0.6 is 15.9 Å². The highest BCUT2D eigenvalue weighted by Gasteiger charge is 2.34. The number of alkyl halides is 3. The van der Waals surface area contributed by atoms with Crippen LogP contribution in [0.4, 0.5) is 19.0 Å². The van der Waals surface area contributed by atoms with Gasteiger partial charge in [0.15, 0.2) is 0 Å². The number of halogens is 4. The minimum Gasteiger partial charge on any atom is -0.470 e. The Morgan fingerprint density at radius 2 is 1.70 bits per heavy atom. The smallest absolute Gasteiger partial charge is 0.470 e. The van der Waals surface area contributed by atoms with Crippen molar-refractivity contribution in [2.45, 2.75) is 17.9 Å². The molecule has 1 N–H and O–H groups in total. The van der Waals surface area contributed by atoms with Crippen LogP contribution in [0, 0.1) is 0 Å². The number of nitrogens with one attached hydrogen (secondary N) is 1. The fraction of sp³-hybridized carbons (Fsp3) is 0.111. The van der Waals surface area contributed by atoms with Crippen LogP contribution in [0.3, 0.4) is 0 Å². The van der Waals surface area contributed by atoms with E-state index in [1.807, 2.05) is 6.07 Å². The first-order valence-corrected chi connectivity index (χ1v) is 10.5. The molecule has 0 saturated heterocycles. The summed E-state index contributed by atoms with van der Waals surface area (Å²) in [5.41, 5.74) is 0.789. The van der Waals surface area contributed by atoms with Gasteiger partial charge in [-0.1, -0.05) is 42.5 Å². The quantitative estimate of drug-likeness (QED) is 0.509. The van der Waals surface area contributed by atoms with Crippen molar-refractivity contribution in [1.29, 1.82) is 0 Å². The van der Waals surface area contributed by atoms with Crippen LogP contribution in [0.1, 0.15) is 5.56 Å². The van der Waals surface area contributed by atoms with Crippen molar-refractivity contribution in [3.8, 4) is 11.6 Å². The van der Waals surface area contributed by atoms with Crippen molar-refractivity contribution in [1.82, 2.24) is 9.97 Å². The van der Waals surface area contributed by atoms with E-state index in [2.05, 4.69) is 35.4 Å². The van der Waals surface area contributed by atoms with Gasteiger partial charge in [-0.25, -0.2) is 18.4 Å². The van der Waals surface area contributed by atoms with E-state index in [1.165, 1.54) is 18.3 Å². The van der Waals surface area contributed by atoms with E-state index in [0.717, 1.165) is 17.7 Å². The van der Waals surface area contributed by atoms with Crippen molar-refractivity contribution >= 4 is 31.8 Å². The Balaban J connectivity index is 1.89. The van der Waals surface area contributed by atoms with Crippen LogP contribution in [0.2, 0.25) is 0 Å². The molecule has 0 atom stereocenters. The average molecular weight is 504 g/mol. The molecule has 0 bridgehead atoms. The maximum atomic E-state index is 12.7. The zero-order valence-electron chi connectivity index (χ0n) is 14.9. The summed E-state index contributed by atoms with van der Waals surface area (Å²) in [6, 6.07) is 13.3. The van der Waals surface area contributed by atoms with Crippen LogP contribution in [0.5, 0.6) is 11.6 Å². The Hall–Kier alpha value is -2.86. The largest absolute Gasteiger partial charge is 0.573 e. The maximum absolute atomic E-state index is 12.7. The first-order chi connectivity index (χ1) is 14.1. The SMILES string of the molecule is O=S(=O)(Nc1ncc(Br)nc1OCc1ccccc1)c1ccccc1OC(F)(F)F. The molecule has 0 aliphatic carbocycles. The Morgan fingerprint density at radius 1 is 1.03 bits per heavy atom. The van der Waals surface area contributed by atoms with Crippen molar-refractivity contribution in [2.24, 2.45) is 0 Å². The second-order valence-electron chi connectivity index (χ2n) is 5.72. The first-order valence-electron chi connectivity index (χ1n) is 8.21. The lowest BCUT2D eigenvalue weighted by Crippen LogP contribution is -2.21. The minimum absolute atomic E-state index is 0.0640. The molecule has 1 aromatic heterocycles. The van der Waals surface area contributed by atoms with Gasteiger partial charge >= 0.3 is 6.36 Å². The second-order valence-corrected chi connectivity index (χ2v) is 8.18. The molecule has 30 heavy (non-hydrogen) atoms. The van der Waals surface area contributed by atoms with E-state index in [0.29, 0.717) is 0 Å². The molecule has 2 aromatic carbocycles. The maximum Gasteiger partial charge on any atom is 0.573 e. The standard InChI is InChI=1S/C18H13BrF3N3O4S/c19-15-10-23-16(17(24-15)28-11-12-6-2-1-3-7-12)25-30(26,27)14-9-5-4-8-13(14)29-18(20,21)22/h1-10H,11H2,(H,23,25). The molecule has 1 heterocycles. The molecule has 7 nitrogen and oxygen atoms in total. The number of hydrogen-bond donors (Lipinski definition) is 1. The fourth-order valence-electron chi connectivity index (χ4n) is 2.31. The van der Waals surface area contributed by atoms with E-state index in [9.17, 15) is 21.6 Å². The molecule has 3 rings (SSSR count). The van der Waals surface area contributed by atoms with E-state index >= 15 is 0 Å². The lowest BCUT2D eigenvalue weighted by atomic mass is 10.2. The van der Waals surface area contributed by atoms with Crippen LogP contribution in [-0.4, -0.2) is 24.7 Å². The molecule has 158 valence electrons. The van der Waals surface area contributed by atoms with E-state index < -0.39 is 27.0 Å². The number of anilines is 1. The first kappa shape index (κ1) is 21.8. The summed E-state index contributed by atoms with van der Waals surface area (Å²) in [4.78, 5) is 7.24. The van der Waals surface area contributed by atoms with Crippen LogP contribution < -0.4 is 14.2 Å². The molecule has 12 heteroatoms. The Kier molecular flexibility index (Phi) is 6.46. The van der Waals surface area contributed by atoms with Gasteiger partial charge in [0, 0.05) is 0 Å². The van der Waals surface area contributed by atoms with Gasteiger partial charge in [-0.15, -0.1) is 13.2 Å². The zero-order chi connectivity index (χ0) is 21.8. The van der Waals surface area contributed by atoms with Crippen molar-refractivity contribution in [3.05, 3.63) is 71.0 Å². The molecule has 3 aromatic rings. The molecule has 0 unspecified atom stereocenters. The summed E-state index contributed by atoms with van der Waals surface area (Å²) in [7, 11) is -4.51. The van der Waals surface area contributed by atoms with Gasteiger partial charge in [-0.3, -0.25) is 4.72 Å². The summed E-state index contributed by atoms with van der Waals surface area (Å²) in [6.07, 6.45) is -3.85. The molecular formula is C18H13BrF3N3O4S. The van der Waals surface area contributed by atoms with E-state index in [4.69, 9.17) is 4.74 Å². The van der Waals surface area contributed by atoms with Crippen LogP contribution in [0.25, 0.3) is 0 Å². The lowest BCUT2D eigenvalue weighted by Gasteiger charge is -2.15. The minimum atomic E-state index is -5.06. The number of rotatable bonds is 7. The van der Waals surface area contributed by atoms with Gasteiger partial charge in [0.1, 0.15) is 21.9 Å². The van der Waals surface area contributed by atoms with Gasteiger partial charge in [0.2, 0.25) is 5.82 Å². The topological polar surface area (TPSA) is 90.4 Å². The Bertz CT molecular complexity index is 1130. The number of nitrogens with zero attached hydrogens (tertiary/aromatic N) is 2. The zero-order valence-corrected chi connectivity index (χ0v) is 17.3. The fourth-order valence-corrected chi connectivity index (χ4v) is 3.71. The van der Waals surface area contributed by atoms with Crippen LogP contribution in [0.15, 0.2) is 70.3 Å². The highest BCUT2D eigenvalue weighted by atomic mass is 79.9. The summed E-state index contributed by atoms with van der Waals surface area (Å²) in [5, 5.41) is 0. The van der Waals surface area contributed by atoms with Crippen molar-refractivity contribution in [3.63, 3.8) is 0 Å². The van der Waals surface area contributed by atoms with Gasteiger partial charge in [-0.05, 0) is 33.6 Å². The monoisotopic (exact) mass is 503 g/mol. The number of sulfonamides is 1. The number of hydrogen-bond acceptors (Lipinski definition) is 6. The summed E-state index contributed by atoms with van der Waals surface area (Å²) < 4.78 is 75.1. The molecule has 0 radical (unpaired) electrons. The number of para-hydroxylation sites is 1. The summed E-state index contributed by atoms with van der Waals surface area (Å²) >= 11 is 3.12. The number of benzene rings is 2. The molecule has 0 spiro atoms. The predicted molar refractivity (Wildman–Crippen MR) is 104 cm³/mol. The number of ether oxygens (including phenoxy) is 2. The van der Waals surface area contributed by atoms with Crippen molar-refractivity contribution < 1.29 is 31.1 Å². The molecule has 0 amide bonds. The highest BCUT2D eigenvalue weighted by Crippen LogP contribution is 2.32. The molecule has 0 aliphatic rings. The lowest BCUT2D eigenvalue weighted by molar-refractivity contribution is -0.275. The molecule has 0 saturated carbocycles. The predicted octanol–water partition coefficient (Wildman–Crippen LogP) is 4.52. The van der Waals surface area contributed by atoms with E-state index in [-0.39, 0.29) is 22.9 Å². The summed E-state index contributed by atoms with van der Waals surface area (Å²) in [5.74, 6) is -1.34. The van der Waals surface area contributed by atoms with Crippen LogP contribution in [-0.2, 0) is 16.6 Å². The molecule has 0 fully saturated rings. The third kappa shape index (κ3) is 5.83. The third-order valence-electron chi connectivity index (χ3n) is 3.52. The summed E-state index contributed by atoms with van der Waals surface area (Å²) in [6.45, 7) is 0.0640. The van der Waals surface area contributed by atoms with Gasteiger partial charge in [-0.2, -0.15) is 0 Å². The number of aromatic nitrogens is 2. The Labute approximate surface area is 178 Å². The van der Waals surface area contributed by atoms with Gasteiger partial charge < -0.3 is 9.47 Å². The molecule has 0 aliphatic heterocycles. The van der Waals surface area contributed by atoms with Gasteiger partial charge in [0.25, 0.3) is 15.9 Å². The average Bonchev–Trinajstić information content (AvgIpc) is 2.68. The van der Waals surface area contributed by atoms with E-state index in [1.54, 1.807) is 24.3 Å². The van der Waals surface area contributed by atoms with Crippen molar-refractivity contribution in [2.75, 3.05) is 4.72 Å². The molecular weight excluding hydrogens is 491 g/mol. The highest BCUT2D eigenvalue weighted by molar-refractivity contribution is 9.10. The Morgan fingerprint density at radius 3 is 2.40 bits per heavy atom. The second kappa shape index (κ2) is 8.88. The third-order valence-corrected chi connectivity index (χ3v) is 5.29. The van der Waals surface area contributed by atoms with Gasteiger partial charge in [0.05, 0.1) is 6.20 Å².